The first-order valence-corrected chi connectivity index (χ1v) is 8.42. The number of aryl methyl sites for hydroxylation is 1. The average molecular weight is 326 g/mol. The van der Waals surface area contributed by atoms with Crippen molar-refractivity contribution in [2.24, 2.45) is 0 Å². The number of hydrogen-bond acceptors (Lipinski definition) is 3. The van der Waals surface area contributed by atoms with Gasteiger partial charge in [0, 0.05) is 13.1 Å². The molecular formula is C20H26N2O2. The van der Waals surface area contributed by atoms with Gasteiger partial charge < -0.3 is 10.4 Å². The average Bonchev–Trinajstić information content (AvgIpc) is 2.60. The molecular weight excluding hydrogens is 300 g/mol. The number of phenolic OH excluding ortho intramolecular Hbond substituents is 1. The molecule has 0 saturated heterocycles. The first-order chi connectivity index (χ1) is 11.5. The fraction of sp³-hybridized carbons (Fsp3) is 0.350. The van der Waals surface area contributed by atoms with Crippen molar-refractivity contribution in [2.75, 3.05) is 13.1 Å². The van der Waals surface area contributed by atoms with Gasteiger partial charge in [-0.1, -0.05) is 49.7 Å². The van der Waals surface area contributed by atoms with Gasteiger partial charge in [-0.05, 0) is 43.3 Å². The second kappa shape index (κ2) is 8.50. The zero-order valence-corrected chi connectivity index (χ0v) is 14.7. The Hall–Kier alpha value is -2.33. The molecule has 0 fully saturated rings. The minimum absolute atomic E-state index is 0.00882. The molecule has 2 rings (SSSR count). The van der Waals surface area contributed by atoms with E-state index < -0.39 is 0 Å². The number of nitrogens with zero attached hydrogens (tertiary/aromatic N) is 1. The summed E-state index contributed by atoms with van der Waals surface area (Å²) in [5.74, 6) is -0.247. The maximum absolute atomic E-state index is 12.4. The first kappa shape index (κ1) is 18.0. The predicted molar refractivity (Wildman–Crippen MR) is 97.1 cm³/mol. The van der Waals surface area contributed by atoms with Gasteiger partial charge >= 0.3 is 0 Å². The smallest absolute Gasteiger partial charge is 0.255 e. The number of phenols is 1. The monoisotopic (exact) mass is 326 g/mol. The van der Waals surface area contributed by atoms with Crippen LogP contribution in [0.3, 0.4) is 0 Å². The van der Waals surface area contributed by atoms with E-state index in [0.29, 0.717) is 12.1 Å². The highest BCUT2D eigenvalue weighted by Crippen LogP contribution is 2.18. The minimum atomic E-state index is -0.256. The second-order valence-electron chi connectivity index (χ2n) is 5.93. The lowest BCUT2D eigenvalue weighted by Gasteiger charge is -2.20. The Morgan fingerprint density at radius 3 is 2.42 bits per heavy atom. The Bertz CT molecular complexity index is 694. The maximum atomic E-state index is 12.4. The SMILES string of the molecule is CCN(CC)Cc1ccccc1CNC(=O)c1cc(C)ccc1O. The molecule has 4 heteroatoms. The second-order valence-corrected chi connectivity index (χ2v) is 5.93. The van der Waals surface area contributed by atoms with Crippen molar-refractivity contribution in [3.8, 4) is 5.75 Å². The highest BCUT2D eigenvalue weighted by Gasteiger charge is 2.12. The fourth-order valence-corrected chi connectivity index (χ4v) is 2.67. The zero-order valence-electron chi connectivity index (χ0n) is 14.7. The van der Waals surface area contributed by atoms with Crippen LogP contribution >= 0.6 is 0 Å². The summed E-state index contributed by atoms with van der Waals surface area (Å²) in [7, 11) is 0. The number of rotatable bonds is 7. The molecule has 0 unspecified atom stereocenters. The molecule has 0 radical (unpaired) electrons. The molecule has 0 aliphatic heterocycles. The van der Waals surface area contributed by atoms with Crippen LogP contribution < -0.4 is 5.32 Å². The van der Waals surface area contributed by atoms with Crippen molar-refractivity contribution >= 4 is 5.91 Å². The van der Waals surface area contributed by atoms with Crippen LogP contribution in [-0.4, -0.2) is 29.0 Å². The first-order valence-electron chi connectivity index (χ1n) is 8.42. The quantitative estimate of drug-likeness (QED) is 0.819. The number of hydrogen-bond donors (Lipinski definition) is 2. The van der Waals surface area contributed by atoms with Gasteiger partial charge in [-0.2, -0.15) is 0 Å². The Balaban J connectivity index is 2.09. The number of carbonyl (C=O) groups excluding carboxylic acids is 1. The molecule has 0 spiro atoms. The Morgan fingerprint density at radius 2 is 1.75 bits per heavy atom. The van der Waals surface area contributed by atoms with Crippen LogP contribution in [0.5, 0.6) is 5.75 Å². The minimum Gasteiger partial charge on any atom is -0.507 e. The zero-order chi connectivity index (χ0) is 17.5. The van der Waals surface area contributed by atoms with Crippen molar-refractivity contribution < 1.29 is 9.90 Å². The van der Waals surface area contributed by atoms with Gasteiger partial charge in [-0.25, -0.2) is 0 Å². The van der Waals surface area contributed by atoms with Gasteiger partial charge in [0.15, 0.2) is 0 Å². The van der Waals surface area contributed by atoms with Crippen molar-refractivity contribution in [1.82, 2.24) is 10.2 Å². The van der Waals surface area contributed by atoms with Crippen LogP contribution in [0.2, 0.25) is 0 Å². The number of amides is 1. The van der Waals surface area contributed by atoms with Gasteiger partial charge in [-0.15, -0.1) is 0 Å². The highest BCUT2D eigenvalue weighted by molar-refractivity contribution is 5.96. The summed E-state index contributed by atoms with van der Waals surface area (Å²) < 4.78 is 0. The predicted octanol–water partition coefficient (Wildman–Crippen LogP) is 3.47. The van der Waals surface area contributed by atoms with E-state index in [-0.39, 0.29) is 11.7 Å². The van der Waals surface area contributed by atoms with Crippen molar-refractivity contribution in [1.29, 1.82) is 0 Å². The molecule has 0 aliphatic carbocycles. The third-order valence-electron chi connectivity index (χ3n) is 4.24. The molecule has 2 N–H and O–H groups in total. The van der Waals surface area contributed by atoms with Crippen LogP contribution in [0.25, 0.3) is 0 Å². The van der Waals surface area contributed by atoms with E-state index in [4.69, 9.17) is 0 Å². The number of aromatic hydroxyl groups is 1. The summed E-state index contributed by atoms with van der Waals surface area (Å²) in [6.07, 6.45) is 0. The van der Waals surface area contributed by atoms with Gasteiger partial charge in [-0.3, -0.25) is 9.69 Å². The Labute approximate surface area is 144 Å². The molecule has 24 heavy (non-hydrogen) atoms. The molecule has 4 nitrogen and oxygen atoms in total. The topological polar surface area (TPSA) is 52.6 Å². The van der Waals surface area contributed by atoms with Gasteiger partial charge in [0.25, 0.3) is 5.91 Å². The lowest BCUT2D eigenvalue weighted by atomic mass is 10.1. The summed E-state index contributed by atoms with van der Waals surface area (Å²) >= 11 is 0. The van der Waals surface area contributed by atoms with Crippen molar-refractivity contribution in [2.45, 2.75) is 33.9 Å². The van der Waals surface area contributed by atoms with Crippen LogP contribution in [0.4, 0.5) is 0 Å². The van der Waals surface area contributed by atoms with Crippen LogP contribution in [-0.2, 0) is 13.1 Å². The van der Waals surface area contributed by atoms with Crippen LogP contribution in [0.1, 0.15) is 40.9 Å². The van der Waals surface area contributed by atoms with Gasteiger partial charge in [0.2, 0.25) is 0 Å². The molecule has 0 heterocycles. The van der Waals surface area contributed by atoms with E-state index in [1.807, 2.05) is 25.1 Å². The van der Waals surface area contributed by atoms with E-state index in [0.717, 1.165) is 30.8 Å². The van der Waals surface area contributed by atoms with Crippen LogP contribution in [0.15, 0.2) is 42.5 Å². The van der Waals surface area contributed by atoms with Crippen molar-refractivity contribution in [3.63, 3.8) is 0 Å². The van der Waals surface area contributed by atoms with Crippen LogP contribution in [0, 0.1) is 6.92 Å². The highest BCUT2D eigenvalue weighted by atomic mass is 16.3. The standard InChI is InChI=1S/C20H26N2O2/c1-4-22(5-2)14-17-9-7-6-8-16(17)13-21-20(24)18-12-15(3)10-11-19(18)23/h6-12,23H,4-5,13-14H2,1-3H3,(H,21,24). The molecule has 0 bridgehead atoms. The molecule has 0 saturated carbocycles. The molecule has 0 atom stereocenters. The molecule has 2 aromatic carbocycles. The molecule has 2 aromatic rings. The largest absolute Gasteiger partial charge is 0.507 e. The third-order valence-corrected chi connectivity index (χ3v) is 4.24. The summed E-state index contributed by atoms with van der Waals surface area (Å²) in [6.45, 7) is 9.50. The number of benzene rings is 2. The summed E-state index contributed by atoms with van der Waals surface area (Å²) in [5.41, 5.74) is 3.58. The Morgan fingerprint density at radius 1 is 1.08 bits per heavy atom. The van der Waals surface area contributed by atoms with Crippen molar-refractivity contribution in [3.05, 3.63) is 64.7 Å². The lowest BCUT2D eigenvalue weighted by molar-refractivity contribution is 0.0948. The van der Waals surface area contributed by atoms with E-state index in [1.54, 1.807) is 18.2 Å². The number of nitrogens with one attached hydrogen (secondary N) is 1. The summed E-state index contributed by atoms with van der Waals surface area (Å²) in [6, 6.07) is 13.2. The molecule has 128 valence electrons. The lowest BCUT2D eigenvalue weighted by Crippen LogP contribution is -2.26. The maximum Gasteiger partial charge on any atom is 0.255 e. The summed E-state index contributed by atoms with van der Waals surface area (Å²) in [5, 5.41) is 12.8. The van der Waals surface area contributed by atoms with E-state index >= 15 is 0 Å². The van der Waals surface area contributed by atoms with E-state index in [2.05, 4.69) is 30.1 Å². The van der Waals surface area contributed by atoms with Gasteiger partial charge in [0.1, 0.15) is 5.75 Å². The van der Waals surface area contributed by atoms with E-state index in [1.165, 1.54) is 5.56 Å². The molecule has 0 aliphatic rings. The number of carbonyl (C=O) groups is 1. The third kappa shape index (κ3) is 4.59. The summed E-state index contributed by atoms with van der Waals surface area (Å²) in [4.78, 5) is 14.7. The van der Waals surface area contributed by atoms with E-state index in [9.17, 15) is 9.90 Å². The Kier molecular flexibility index (Phi) is 6.38. The normalized spacial score (nSPS) is 10.8. The van der Waals surface area contributed by atoms with Gasteiger partial charge in [0.05, 0.1) is 5.56 Å². The molecule has 0 aromatic heterocycles. The fourth-order valence-electron chi connectivity index (χ4n) is 2.67. The molecule has 1 amide bonds.